The van der Waals surface area contributed by atoms with E-state index in [-0.39, 0.29) is 0 Å². The van der Waals surface area contributed by atoms with Gasteiger partial charge in [0.1, 0.15) is 0 Å². The lowest BCUT2D eigenvalue weighted by molar-refractivity contribution is 0.0936. The molecule has 3 unspecified atom stereocenters. The maximum Gasteiger partial charge on any atom is 0.0118 e. The van der Waals surface area contributed by atoms with Gasteiger partial charge < -0.3 is 5.32 Å². The summed E-state index contributed by atoms with van der Waals surface area (Å²) in [4.78, 5) is 0. The number of rotatable bonds is 4. The largest absolute Gasteiger partial charge is 0.314 e. The number of hydrogen-bond donors (Lipinski definition) is 1. The Morgan fingerprint density at radius 2 is 1.88 bits per heavy atom. The molecule has 0 aromatic rings. The van der Waals surface area contributed by atoms with Crippen LogP contribution in [0.1, 0.15) is 60.8 Å². The highest BCUT2D eigenvalue weighted by Crippen LogP contribution is 2.43. The highest BCUT2D eigenvalue weighted by atomic mass is 14.9. The molecule has 0 radical (unpaired) electrons. The Kier molecular flexibility index (Phi) is 4.85. The summed E-state index contributed by atoms with van der Waals surface area (Å²) < 4.78 is 0. The summed E-state index contributed by atoms with van der Waals surface area (Å²) in [5, 5.41) is 3.71. The van der Waals surface area contributed by atoms with E-state index in [1.807, 2.05) is 0 Å². The SMILES string of the molecule is CCNC(C(C)C)C1CC(C)CC(C)(C)C1. The lowest BCUT2D eigenvalue weighted by Gasteiger charge is -2.43. The van der Waals surface area contributed by atoms with Gasteiger partial charge in [-0.25, -0.2) is 0 Å². The van der Waals surface area contributed by atoms with Gasteiger partial charge in [-0.3, -0.25) is 0 Å². The van der Waals surface area contributed by atoms with Crippen molar-refractivity contribution in [3.05, 3.63) is 0 Å². The van der Waals surface area contributed by atoms with Crippen LogP contribution < -0.4 is 5.32 Å². The number of nitrogens with one attached hydrogen (secondary N) is 1. The molecule has 1 aliphatic carbocycles. The predicted molar refractivity (Wildman–Crippen MR) is 72.6 cm³/mol. The highest BCUT2D eigenvalue weighted by Gasteiger charge is 2.36. The molecule has 1 fully saturated rings. The van der Waals surface area contributed by atoms with Crippen LogP contribution in [0.5, 0.6) is 0 Å². The van der Waals surface area contributed by atoms with Gasteiger partial charge in [-0.05, 0) is 49.0 Å². The minimum atomic E-state index is 0.547. The van der Waals surface area contributed by atoms with E-state index in [1.54, 1.807) is 0 Å². The zero-order valence-corrected chi connectivity index (χ0v) is 12.1. The maximum atomic E-state index is 3.71. The van der Waals surface area contributed by atoms with E-state index >= 15 is 0 Å². The summed E-state index contributed by atoms with van der Waals surface area (Å²) in [7, 11) is 0. The monoisotopic (exact) mass is 225 g/mol. The quantitative estimate of drug-likeness (QED) is 0.760. The summed E-state index contributed by atoms with van der Waals surface area (Å²) in [5.74, 6) is 2.53. The molecule has 0 aliphatic heterocycles. The van der Waals surface area contributed by atoms with E-state index in [2.05, 4.69) is 46.9 Å². The first kappa shape index (κ1) is 14.0. The first-order valence-corrected chi connectivity index (χ1v) is 7.09. The summed E-state index contributed by atoms with van der Waals surface area (Å²) in [6.07, 6.45) is 4.22. The fraction of sp³-hybridized carbons (Fsp3) is 1.00. The van der Waals surface area contributed by atoms with Gasteiger partial charge in [-0.15, -0.1) is 0 Å². The zero-order chi connectivity index (χ0) is 12.3. The Morgan fingerprint density at radius 1 is 1.25 bits per heavy atom. The molecular weight excluding hydrogens is 194 g/mol. The first-order chi connectivity index (χ1) is 7.35. The van der Waals surface area contributed by atoms with Crippen LogP contribution in [-0.4, -0.2) is 12.6 Å². The van der Waals surface area contributed by atoms with Gasteiger partial charge >= 0.3 is 0 Å². The Hall–Kier alpha value is -0.0400. The van der Waals surface area contributed by atoms with Crippen LogP contribution in [0.3, 0.4) is 0 Å². The van der Waals surface area contributed by atoms with Gasteiger partial charge in [0, 0.05) is 6.04 Å². The normalized spacial score (nSPS) is 31.7. The molecule has 1 saturated carbocycles. The third-order valence-corrected chi connectivity index (χ3v) is 4.09. The van der Waals surface area contributed by atoms with Crippen LogP contribution in [0.4, 0.5) is 0 Å². The molecule has 0 amide bonds. The topological polar surface area (TPSA) is 12.0 Å². The molecule has 0 spiro atoms. The Bertz CT molecular complexity index is 207. The summed E-state index contributed by atoms with van der Waals surface area (Å²) >= 11 is 0. The standard InChI is InChI=1S/C15H31N/c1-7-16-14(11(2)3)13-8-12(4)9-15(5,6)10-13/h11-14,16H,7-10H2,1-6H3. The van der Waals surface area contributed by atoms with Gasteiger partial charge in [0.15, 0.2) is 0 Å². The van der Waals surface area contributed by atoms with Crippen LogP contribution in [0.15, 0.2) is 0 Å². The van der Waals surface area contributed by atoms with Crippen molar-refractivity contribution in [3.8, 4) is 0 Å². The van der Waals surface area contributed by atoms with Gasteiger partial charge in [0.05, 0.1) is 0 Å². The lowest BCUT2D eigenvalue weighted by Crippen LogP contribution is -2.44. The molecule has 96 valence electrons. The van der Waals surface area contributed by atoms with Crippen molar-refractivity contribution in [2.75, 3.05) is 6.54 Å². The highest BCUT2D eigenvalue weighted by molar-refractivity contribution is 4.89. The molecule has 1 heteroatoms. The average molecular weight is 225 g/mol. The van der Waals surface area contributed by atoms with Crippen LogP contribution in [0.2, 0.25) is 0 Å². The summed E-state index contributed by atoms with van der Waals surface area (Å²) in [5.41, 5.74) is 0.547. The van der Waals surface area contributed by atoms with Crippen molar-refractivity contribution in [2.45, 2.75) is 66.8 Å². The Balaban J connectivity index is 2.69. The Morgan fingerprint density at radius 3 is 2.31 bits per heavy atom. The fourth-order valence-electron chi connectivity index (χ4n) is 3.88. The van der Waals surface area contributed by atoms with Crippen LogP contribution in [0.25, 0.3) is 0 Å². The fourth-order valence-corrected chi connectivity index (χ4v) is 3.88. The third kappa shape index (κ3) is 3.76. The Labute approximate surface area is 102 Å². The second kappa shape index (κ2) is 5.53. The molecule has 0 aromatic heterocycles. The van der Waals surface area contributed by atoms with E-state index < -0.39 is 0 Å². The van der Waals surface area contributed by atoms with E-state index in [1.165, 1.54) is 19.3 Å². The summed E-state index contributed by atoms with van der Waals surface area (Å²) in [6.45, 7) is 15.4. The van der Waals surface area contributed by atoms with Crippen LogP contribution in [0, 0.1) is 23.2 Å². The first-order valence-electron chi connectivity index (χ1n) is 7.09. The molecule has 1 nitrogen and oxygen atoms in total. The minimum Gasteiger partial charge on any atom is -0.314 e. The van der Waals surface area contributed by atoms with Gasteiger partial charge in [-0.1, -0.05) is 41.5 Å². The van der Waals surface area contributed by atoms with Gasteiger partial charge in [-0.2, -0.15) is 0 Å². The van der Waals surface area contributed by atoms with E-state index in [4.69, 9.17) is 0 Å². The van der Waals surface area contributed by atoms with Crippen LogP contribution in [-0.2, 0) is 0 Å². The minimum absolute atomic E-state index is 0.547. The molecular formula is C15H31N. The molecule has 0 aromatic carbocycles. The molecule has 0 bridgehead atoms. The number of hydrogen-bond acceptors (Lipinski definition) is 1. The van der Waals surface area contributed by atoms with Crippen molar-refractivity contribution >= 4 is 0 Å². The zero-order valence-electron chi connectivity index (χ0n) is 12.1. The van der Waals surface area contributed by atoms with Crippen molar-refractivity contribution in [2.24, 2.45) is 23.2 Å². The third-order valence-electron chi connectivity index (χ3n) is 4.09. The van der Waals surface area contributed by atoms with E-state index in [0.717, 1.165) is 24.3 Å². The molecule has 1 rings (SSSR count). The second-order valence-corrected chi connectivity index (χ2v) is 7.00. The molecule has 3 atom stereocenters. The molecule has 1 N–H and O–H groups in total. The van der Waals surface area contributed by atoms with Crippen molar-refractivity contribution in [1.82, 2.24) is 5.32 Å². The molecule has 0 saturated heterocycles. The second-order valence-electron chi connectivity index (χ2n) is 7.00. The van der Waals surface area contributed by atoms with Gasteiger partial charge in [0.25, 0.3) is 0 Å². The van der Waals surface area contributed by atoms with Crippen molar-refractivity contribution in [1.29, 1.82) is 0 Å². The average Bonchev–Trinajstić information content (AvgIpc) is 2.09. The van der Waals surface area contributed by atoms with Crippen molar-refractivity contribution < 1.29 is 0 Å². The smallest absolute Gasteiger partial charge is 0.0118 e. The predicted octanol–water partition coefficient (Wildman–Crippen LogP) is 4.08. The van der Waals surface area contributed by atoms with Crippen molar-refractivity contribution in [3.63, 3.8) is 0 Å². The molecule has 16 heavy (non-hydrogen) atoms. The van der Waals surface area contributed by atoms with Gasteiger partial charge in [0.2, 0.25) is 0 Å². The maximum absolute atomic E-state index is 3.71. The molecule has 1 aliphatic rings. The lowest BCUT2D eigenvalue weighted by atomic mass is 9.65. The van der Waals surface area contributed by atoms with E-state index in [9.17, 15) is 0 Å². The molecule has 0 heterocycles. The van der Waals surface area contributed by atoms with E-state index in [0.29, 0.717) is 11.5 Å². The van der Waals surface area contributed by atoms with Crippen LogP contribution >= 0.6 is 0 Å². The summed E-state index contributed by atoms with van der Waals surface area (Å²) in [6, 6.07) is 0.715.